The first-order valence-electron chi connectivity index (χ1n) is 11.0. The smallest absolute Gasteiger partial charge is 0.447 e. The molecule has 1 aromatic carbocycles. The lowest BCUT2D eigenvalue weighted by atomic mass is 9.96. The van der Waals surface area contributed by atoms with Gasteiger partial charge in [-0.3, -0.25) is 4.90 Å². The van der Waals surface area contributed by atoms with E-state index in [4.69, 9.17) is 20.9 Å². The molecule has 1 saturated carbocycles. The van der Waals surface area contributed by atoms with E-state index in [-0.39, 0.29) is 28.2 Å². The molecule has 2 atom stereocenters. The third-order valence-corrected chi connectivity index (χ3v) is 6.39. The summed E-state index contributed by atoms with van der Waals surface area (Å²) >= 11 is 5.80. The van der Waals surface area contributed by atoms with Crippen LogP contribution in [0, 0.1) is 5.92 Å². The van der Waals surface area contributed by atoms with Crippen LogP contribution < -0.4 is 15.0 Å². The van der Waals surface area contributed by atoms with E-state index in [1.54, 1.807) is 17.9 Å². The van der Waals surface area contributed by atoms with E-state index in [9.17, 15) is 18.0 Å². The lowest BCUT2D eigenvalue weighted by molar-refractivity contribution is -0.274. The van der Waals surface area contributed by atoms with E-state index in [2.05, 4.69) is 30.2 Å². The summed E-state index contributed by atoms with van der Waals surface area (Å²) in [6.07, 6.45) is -1.80. The average molecular weight is 525 g/mol. The summed E-state index contributed by atoms with van der Waals surface area (Å²) in [6.45, 7) is 3.99. The van der Waals surface area contributed by atoms with Crippen LogP contribution in [-0.2, 0) is 4.74 Å². The van der Waals surface area contributed by atoms with E-state index < -0.39 is 29.8 Å². The van der Waals surface area contributed by atoms with Crippen LogP contribution in [0.4, 0.5) is 29.7 Å². The second-order valence-corrected chi connectivity index (χ2v) is 9.18. The van der Waals surface area contributed by atoms with Gasteiger partial charge in [0.1, 0.15) is 24.2 Å². The second kappa shape index (κ2) is 8.80. The second-order valence-electron chi connectivity index (χ2n) is 8.78. The molecule has 36 heavy (non-hydrogen) atoms. The molecule has 3 aromatic rings. The summed E-state index contributed by atoms with van der Waals surface area (Å²) < 4.78 is 52.4. The standard InChI is InChI=1S/C22H20ClF3N6O4/c1-11(18-30-17(31-36-18)12-3-6-14(23)15(9-12)35-22(24,25)26)28-19-27-8-7-16(29-19)32-20(33)34-10-21(32,2)13-4-5-13/h3,6-9,11,13H,4-5,10H2,1-2H3,(H,27,28,29)/t11-,21?/m1/s1. The number of aromatic nitrogens is 4. The fraction of sp³-hybridized carbons (Fsp3) is 0.409. The molecule has 1 unspecified atom stereocenters. The summed E-state index contributed by atoms with van der Waals surface area (Å²) in [5.74, 6) is 0.558. The largest absolute Gasteiger partial charge is 0.573 e. The molecular formula is C22H20ClF3N6O4. The summed E-state index contributed by atoms with van der Waals surface area (Å²) in [5.41, 5.74) is -0.255. The number of ether oxygens (including phenoxy) is 2. The molecule has 0 radical (unpaired) electrons. The molecule has 5 rings (SSSR count). The van der Waals surface area contributed by atoms with E-state index in [0.717, 1.165) is 18.9 Å². The third-order valence-electron chi connectivity index (χ3n) is 6.08. The van der Waals surface area contributed by atoms with Crippen LogP contribution in [0.1, 0.15) is 38.6 Å². The molecule has 190 valence electrons. The molecule has 0 bridgehead atoms. The molecule has 1 N–H and O–H groups in total. The molecule has 0 spiro atoms. The highest BCUT2D eigenvalue weighted by molar-refractivity contribution is 6.32. The van der Waals surface area contributed by atoms with Crippen LogP contribution in [-0.4, -0.2) is 44.7 Å². The number of cyclic esters (lactones) is 1. The van der Waals surface area contributed by atoms with Gasteiger partial charge in [-0.1, -0.05) is 16.8 Å². The number of hydrogen-bond donors (Lipinski definition) is 1. The number of carbonyl (C=O) groups is 1. The van der Waals surface area contributed by atoms with Crippen molar-refractivity contribution in [3.63, 3.8) is 0 Å². The van der Waals surface area contributed by atoms with Crippen molar-refractivity contribution in [2.45, 2.75) is 44.6 Å². The third kappa shape index (κ3) is 4.74. The minimum absolute atomic E-state index is 0.0389. The Bertz CT molecular complexity index is 1300. The van der Waals surface area contributed by atoms with Crippen LogP contribution in [0.25, 0.3) is 11.4 Å². The highest BCUT2D eigenvalue weighted by atomic mass is 35.5. The van der Waals surface area contributed by atoms with E-state index in [1.807, 2.05) is 6.92 Å². The molecule has 2 fully saturated rings. The maximum absolute atomic E-state index is 12.6. The number of nitrogens with zero attached hydrogens (tertiary/aromatic N) is 5. The molecule has 10 nitrogen and oxygen atoms in total. The van der Waals surface area contributed by atoms with Crippen LogP contribution in [0.5, 0.6) is 5.75 Å². The van der Waals surface area contributed by atoms with Crippen molar-refractivity contribution in [1.29, 1.82) is 0 Å². The maximum atomic E-state index is 12.6. The molecule has 14 heteroatoms. The number of halogens is 4. The Hall–Kier alpha value is -3.61. The van der Waals surface area contributed by atoms with Gasteiger partial charge in [-0.15, -0.1) is 13.2 Å². The van der Waals surface area contributed by atoms with Gasteiger partial charge in [0.2, 0.25) is 17.7 Å². The van der Waals surface area contributed by atoms with Gasteiger partial charge < -0.3 is 19.3 Å². The van der Waals surface area contributed by atoms with Gasteiger partial charge in [0.05, 0.1) is 10.6 Å². The normalized spacial score (nSPS) is 20.8. The SMILES string of the molecule is C[C@@H](Nc1nccc(N2C(=O)OCC2(C)C2CC2)n1)c1nc(-c2ccc(Cl)c(OC(F)(F)F)c2)no1. The van der Waals surface area contributed by atoms with Gasteiger partial charge in [0.25, 0.3) is 0 Å². The molecule has 2 aromatic heterocycles. The Morgan fingerprint density at radius 3 is 2.78 bits per heavy atom. The van der Waals surface area contributed by atoms with Crippen molar-refractivity contribution >= 4 is 29.5 Å². The lowest BCUT2D eigenvalue weighted by Crippen LogP contribution is -2.47. The molecule has 1 saturated heterocycles. The highest BCUT2D eigenvalue weighted by Gasteiger charge is 2.54. The Kier molecular flexibility index (Phi) is 5.89. The van der Waals surface area contributed by atoms with Crippen LogP contribution in [0.2, 0.25) is 5.02 Å². The van der Waals surface area contributed by atoms with E-state index in [1.165, 1.54) is 18.3 Å². The van der Waals surface area contributed by atoms with Gasteiger partial charge in [0, 0.05) is 11.8 Å². The molecular weight excluding hydrogens is 505 g/mol. The predicted molar refractivity (Wildman–Crippen MR) is 120 cm³/mol. The number of carbonyl (C=O) groups excluding carboxylic acids is 1. The van der Waals surface area contributed by atoms with Gasteiger partial charge in [0.15, 0.2) is 0 Å². The zero-order chi connectivity index (χ0) is 25.7. The monoisotopic (exact) mass is 524 g/mol. The molecule has 1 aliphatic heterocycles. The summed E-state index contributed by atoms with van der Waals surface area (Å²) in [6, 6.07) is 4.82. The van der Waals surface area contributed by atoms with Crippen molar-refractivity contribution in [1.82, 2.24) is 20.1 Å². The topological polar surface area (TPSA) is 116 Å². The van der Waals surface area contributed by atoms with Crippen molar-refractivity contribution in [3.05, 3.63) is 41.4 Å². The van der Waals surface area contributed by atoms with Crippen LogP contribution in [0.15, 0.2) is 35.0 Å². The number of nitrogens with one attached hydrogen (secondary N) is 1. The first-order chi connectivity index (χ1) is 17.0. The number of amides is 1. The van der Waals surface area contributed by atoms with Gasteiger partial charge in [-0.05, 0) is 56.9 Å². The van der Waals surface area contributed by atoms with Crippen LogP contribution in [0.3, 0.4) is 0 Å². The van der Waals surface area contributed by atoms with Crippen molar-refractivity contribution in [2.24, 2.45) is 5.92 Å². The molecule has 3 heterocycles. The first kappa shape index (κ1) is 24.1. The van der Waals surface area contributed by atoms with Crippen LogP contribution >= 0.6 is 11.6 Å². The Labute approximate surface area is 207 Å². The van der Waals surface area contributed by atoms with Crippen molar-refractivity contribution in [3.8, 4) is 17.1 Å². The number of alkyl halides is 3. The average Bonchev–Trinajstić information content (AvgIpc) is 3.48. The Balaban J connectivity index is 1.33. The fourth-order valence-electron chi connectivity index (χ4n) is 4.08. The zero-order valence-corrected chi connectivity index (χ0v) is 19.8. The minimum atomic E-state index is -4.90. The number of rotatable bonds is 7. The Morgan fingerprint density at radius 2 is 2.06 bits per heavy atom. The van der Waals surface area contributed by atoms with Crippen molar-refractivity contribution < 1.29 is 32.0 Å². The number of anilines is 2. The predicted octanol–water partition coefficient (Wildman–Crippen LogP) is 5.38. The number of hydrogen-bond acceptors (Lipinski definition) is 9. The first-order valence-corrected chi connectivity index (χ1v) is 11.4. The number of benzene rings is 1. The minimum Gasteiger partial charge on any atom is -0.447 e. The fourth-order valence-corrected chi connectivity index (χ4v) is 4.23. The quantitative estimate of drug-likeness (QED) is 0.435. The zero-order valence-electron chi connectivity index (χ0n) is 19.0. The van der Waals surface area contributed by atoms with Crippen molar-refractivity contribution in [2.75, 3.05) is 16.8 Å². The summed E-state index contributed by atoms with van der Waals surface area (Å²) in [5, 5.41) is 6.65. The van der Waals surface area contributed by atoms with Gasteiger partial charge in [-0.25, -0.2) is 9.78 Å². The molecule has 1 aliphatic carbocycles. The molecule has 2 aliphatic rings. The summed E-state index contributed by atoms with van der Waals surface area (Å²) in [4.78, 5) is 26.9. The molecule has 1 amide bonds. The summed E-state index contributed by atoms with van der Waals surface area (Å²) in [7, 11) is 0. The van der Waals surface area contributed by atoms with Gasteiger partial charge >= 0.3 is 12.5 Å². The van der Waals surface area contributed by atoms with E-state index >= 15 is 0 Å². The lowest BCUT2D eigenvalue weighted by Gasteiger charge is -2.31. The Morgan fingerprint density at radius 1 is 1.28 bits per heavy atom. The highest BCUT2D eigenvalue weighted by Crippen LogP contribution is 2.47. The van der Waals surface area contributed by atoms with E-state index in [0.29, 0.717) is 18.3 Å². The van der Waals surface area contributed by atoms with Gasteiger partial charge in [-0.2, -0.15) is 9.97 Å². The maximum Gasteiger partial charge on any atom is 0.573 e.